The molecule has 2 N–H and O–H groups in total. The van der Waals surface area contributed by atoms with Crippen molar-refractivity contribution in [3.05, 3.63) is 0 Å². The first-order chi connectivity index (χ1) is 5.56. The van der Waals surface area contributed by atoms with Crippen LogP contribution in [0.2, 0.25) is 0 Å². The standard InChI is InChI=1S/C8H20NO2P/c1-12(2,10)11-8-6-4-3-5-7-9/h3-9H2,1-2H3. The van der Waals surface area contributed by atoms with Gasteiger partial charge < -0.3 is 10.3 Å². The predicted octanol–water partition coefficient (Wildman–Crippen LogP) is 2.06. The molecule has 0 aromatic rings. The summed E-state index contributed by atoms with van der Waals surface area (Å²) in [6.07, 6.45) is 4.34. The third-order valence-electron chi connectivity index (χ3n) is 1.50. The summed E-state index contributed by atoms with van der Waals surface area (Å²) in [4.78, 5) is 0. The Morgan fingerprint density at radius 3 is 2.25 bits per heavy atom. The van der Waals surface area contributed by atoms with E-state index in [0.29, 0.717) is 6.61 Å². The lowest BCUT2D eigenvalue weighted by atomic mass is 10.2. The fourth-order valence-electron chi connectivity index (χ4n) is 0.884. The van der Waals surface area contributed by atoms with E-state index in [-0.39, 0.29) is 0 Å². The minimum absolute atomic E-state index is 0.620. The molecule has 0 atom stereocenters. The summed E-state index contributed by atoms with van der Waals surface area (Å²) in [5.41, 5.74) is 5.34. The molecule has 4 heteroatoms. The van der Waals surface area contributed by atoms with Crippen LogP contribution in [0, 0.1) is 0 Å². The molecule has 0 aliphatic carbocycles. The van der Waals surface area contributed by atoms with E-state index in [9.17, 15) is 4.57 Å². The summed E-state index contributed by atoms with van der Waals surface area (Å²) in [5.74, 6) is 0. The Balaban J connectivity index is 3.06. The van der Waals surface area contributed by atoms with Crippen LogP contribution in [-0.4, -0.2) is 26.5 Å². The fraction of sp³-hybridized carbons (Fsp3) is 1.00. The molecule has 0 aromatic heterocycles. The molecule has 0 fully saturated rings. The monoisotopic (exact) mass is 193 g/mol. The zero-order chi connectivity index (χ0) is 9.45. The highest BCUT2D eigenvalue weighted by Crippen LogP contribution is 2.37. The maximum absolute atomic E-state index is 11.1. The molecule has 0 radical (unpaired) electrons. The van der Waals surface area contributed by atoms with Gasteiger partial charge >= 0.3 is 0 Å². The van der Waals surface area contributed by atoms with Gasteiger partial charge in [0.25, 0.3) is 0 Å². The Bertz CT molecular complexity index is 144. The van der Waals surface area contributed by atoms with Crippen LogP contribution in [0.5, 0.6) is 0 Å². The minimum atomic E-state index is -2.25. The summed E-state index contributed by atoms with van der Waals surface area (Å²) < 4.78 is 16.2. The van der Waals surface area contributed by atoms with Gasteiger partial charge in [0, 0.05) is 13.3 Å². The van der Waals surface area contributed by atoms with Gasteiger partial charge in [-0.3, -0.25) is 4.57 Å². The van der Waals surface area contributed by atoms with Crippen molar-refractivity contribution in [2.45, 2.75) is 25.7 Å². The summed E-state index contributed by atoms with van der Waals surface area (Å²) in [6, 6.07) is 0. The molecule has 0 amide bonds. The van der Waals surface area contributed by atoms with Crippen molar-refractivity contribution in [1.82, 2.24) is 0 Å². The highest BCUT2D eigenvalue weighted by atomic mass is 31.2. The first kappa shape index (κ1) is 12.2. The van der Waals surface area contributed by atoms with Crippen molar-refractivity contribution in [3.63, 3.8) is 0 Å². The van der Waals surface area contributed by atoms with E-state index < -0.39 is 7.37 Å². The SMILES string of the molecule is CP(C)(=O)OCCCCCCN. The fourth-order valence-corrected chi connectivity index (χ4v) is 1.45. The number of hydrogen-bond acceptors (Lipinski definition) is 3. The molecule has 0 spiro atoms. The van der Waals surface area contributed by atoms with E-state index in [2.05, 4.69) is 0 Å². The number of rotatable bonds is 7. The van der Waals surface area contributed by atoms with Crippen LogP contribution in [0.15, 0.2) is 0 Å². The molecule has 0 bridgehead atoms. The number of hydrogen-bond donors (Lipinski definition) is 1. The van der Waals surface area contributed by atoms with Gasteiger partial charge in [-0.05, 0) is 19.4 Å². The molecule has 0 saturated carbocycles. The van der Waals surface area contributed by atoms with Crippen molar-refractivity contribution >= 4 is 7.37 Å². The van der Waals surface area contributed by atoms with Gasteiger partial charge in [-0.1, -0.05) is 12.8 Å². The van der Waals surface area contributed by atoms with Crippen LogP contribution in [-0.2, 0) is 9.09 Å². The van der Waals surface area contributed by atoms with Gasteiger partial charge in [-0.15, -0.1) is 0 Å². The third-order valence-corrected chi connectivity index (χ3v) is 2.31. The van der Waals surface area contributed by atoms with Gasteiger partial charge in [0.1, 0.15) is 0 Å². The summed E-state index contributed by atoms with van der Waals surface area (Å²) in [7, 11) is -2.25. The Morgan fingerprint density at radius 2 is 1.75 bits per heavy atom. The molecule has 0 rings (SSSR count). The second-order valence-corrected chi connectivity index (χ2v) is 6.05. The lowest BCUT2D eigenvalue weighted by Gasteiger charge is -2.07. The maximum Gasteiger partial charge on any atom is 0.197 e. The third kappa shape index (κ3) is 10.2. The van der Waals surface area contributed by atoms with Gasteiger partial charge in [-0.2, -0.15) is 0 Å². The predicted molar refractivity (Wildman–Crippen MR) is 52.9 cm³/mol. The van der Waals surface area contributed by atoms with Crippen molar-refractivity contribution in [3.8, 4) is 0 Å². The van der Waals surface area contributed by atoms with Crippen LogP contribution < -0.4 is 5.73 Å². The van der Waals surface area contributed by atoms with Crippen LogP contribution >= 0.6 is 7.37 Å². The maximum atomic E-state index is 11.1. The van der Waals surface area contributed by atoms with E-state index in [1.807, 2.05) is 0 Å². The van der Waals surface area contributed by atoms with Gasteiger partial charge in [0.05, 0.1) is 6.61 Å². The van der Waals surface area contributed by atoms with Crippen LogP contribution in [0.1, 0.15) is 25.7 Å². The number of nitrogens with two attached hydrogens (primary N) is 1. The van der Waals surface area contributed by atoms with Crippen molar-refractivity contribution in [2.75, 3.05) is 26.5 Å². The van der Waals surface area contributed by atoms with Crippen LogP contribution in [0.4, 0.5) is 0 Å². The van der Waals surface area contributed by atoms with Gasteiger partial charge in [-0.25, -0.2) is 0 Å². The topological polar surface area (TPSA) is 52.3 Å². The van der Waals surface area contributed by atoms with Gasteiger partial charge in [0.15, 0.2) is 7.37 Å². The second-order valence-electron chi connectivity index (χ2n) is 3.29. The molecular weight excluding hydrogens is 173 g/mol. The first-order valence-corrected chi connectivity index (χ1v) is 6.98. The number of unbranched alkanes of at least 4 members (excludes halogenated alkanes) is 3. The van der Waals surface area contributed by atoms with Crippen LogP contribution in [0.3, 0.4) is 0 Å². The Hall–Kier alpha value is 0.150. The zero-order valence-corrected chi connectivity index (χ0v) is 8.98. The molecule has 0 saturated heterocycles. The summed E-state index contributed by atoms with van der Waals surface area (Å²) in [6.45, 7) is 4.68. The highest BCUT2D eigenvalue weighted by molar-refractivity contribution is 7.57. The quantitative estimate of drug-likeness (QED) is 0.497. The molecular formula is C8H20NO2P. The zero-order valence-electron chi connectivity index (χ0n) is 8.08. The van der Waals surface area contributed by atoms with E-state index in [1.54, 1.807) is 13.3 Å². The van der Waals surface area contributed by atoms with E-state index in [0.717, 1.165) is 32.2 Å². The van der Waals surface area contributed by atoms with Crippen molar-refractivity contribution < 1.29 is 9.09 Å². The molecule has 0 aliphatic heterocycles. The van der Waals surface area contributed by atoms with Gasteiger partial charge in [0.2, 0.25) is 0 Å². The Morgan fingerprint density at radius 1 is 1.17 bits per heavy atom. The van der Waals surface area contributed by atoms with Crippen molar-refractivity contribution in [2.24, 2.45) is 5.73 Å². The average molecular weight is 193 g/mol. The summed E-state index contributed by atoms with van der Waals surface area (Å²) in [5, 5.41) is 0. The molecule has 74 valence electrons. The van der Waals surface area contributed by atoms with E-state index >= 15 is 0 Å². The lowest BCUT2D eigenvalue weighted by Crippen LogP contribution is -1.98. The van der Waals surface area contributed by atoms with Crippen molar-refractivity contribution in [1.29, 1.82) is 0 Å². The summed E-state index contributed by atoms with van der Waals surface area (Å²) >= 11 is 0. The minimum Gasteiger partial charge on any atom is -0.330 e. The lowest BCUT2D eigenvalue weighted by molar-refractivity contribution is 0.308. The largest absolute Gasteiger partial charge is 0.330 e. The van der Waals surface area contributed by atoms with E-state index in [1.165, 1.54) is 0 Å². The molecule has 3 nitrogen and oxygen atoms in total. The Kier molecular flexibility index (Phi) is 6.73. The average Bonchev–Trinajstić information content (AvgIpc) is 1.94. The molecule has 0 unspecified atom stereocenters. The highest BCUT2D eigenvalue weighted by Gasteiger charge is 2.04. The molecule has 12 heavy (non-hydrogen) atoms. The second kappa shape index (κ2) is 6.64. The normalized spacial score (nSPS) is 11.9. The first-order valence-electron chi connectivity index (χ1n) is 4.46. The molecule has 0 heterocycles. The smallest absolute Gasteiger partial charge is 0.197 e. The van der Waals surface area contributed by atoms with Crippen LogP contribution in [0.25, 0.3) is 0 Å². The Labute approximate surface area is 75.1 Å². The molecule has 0 aliphatic rings. The molecule has 0 aromatic carbocycles. The van der Waals surface area contributed by atoms with E-state index in [4.69, 9.17) is 10.3 Å².